The third-order valence-corrected chi connectivity index (χ3v) is 7.26. The molecule has 0 saturated heterocycles. The topological polar surface area (TPSA) is 131 Å². The lowest BCUT2D eigenvalue weighted by molar-refractivity contribution is -0.384. The van der Waals surface area contributed by atoms with Crippen molar-refractivity contribution < 1.29 is 23.6 Å². The fourth-order valence-electron chi connectivity index (χ4n) is 4.74. The van der Waals surface area contributed by atoms with Crippen molar-refractivity contribution in [2.45, 2.75) is 6.61 Å². The quantitative estimate of drug-likeness (QED) is 0.0929. The van der Waals surface area contributed by atoms with Gasteiger partial charge in [0, 0.05) is 22.2 Å². The summed E-state index contributed by atoms with van der Waals surface area (Å²) < 4.78 is 25.1. The molecule has 0 bridgehead atoms. The van der Waals surface area contributed by atoms with Gasteiger partial charge in [0.25, 0.3) is 11.2 Å². The molecule has 0 unspecified atom stereocenters. The number of ether oxygens (including phenoxy) is 3. The number of aromatic nitrogens is 2. The van der Waals surface area contributed by atoms with Crippen molar-refractivity contribution in [3.05, 3.63) is 121 Å². The first kappa shape index (κ1) is 28.6. The molecular formula is C32H23BrN4O7. The maximum atomic E-state index is 13.8. The van der Waals surface area contributed by atoms with Crippen LogP contribution in [0.25, 0.3) is 33.5 Å². The number of fused-ring (bicyclic) bond motifs is 2. The van der Waals surface area contributed by atoms with Crippen molar-refractivity contribution in [3.8, 4) is 28.8 Å². The van der Waals surface area contributed by atoms with Gasteiger partial charge in [-0.2, -0.15) is 9.78 Å². The number of halogens is 1. The zero-order chi connectivity index (χ0) is 30.8. The van der Waals surface area contributed by atoms with Crippen molar-refractivity contribution in [3.63, 3.8) is 0 Å². The molecule has 0 atom stereocenters. The van der Waals surface area contributed by atoms with Crippen molar-refractivity contribution >= 4 is 49.7 Å². The molecular weight excluding hydrogens is 632 g/mol. The van der Waals surface area contributed by atoms with Crippen LogP contribution in [0.5, 0.6) is 17.2 Å². The van der Waals surface area contributed by atoms with Crippen LogP contribution in [0, 0.1) is 10.1 Å². The number of methoxy groups -OCH3 is 2. The molecule has 0 aliphatic carbocycles. The highest BCUT2D eigenvalue weighted by Crippen LogP contribution is 2.36. The second-order valence-corrected chi connectivity index (χ2v) is 10.5. The van der Waals surface area contributed by atoms with E-state index < -0.39 is 10.5 Å². The maximum absolute atomic E-state index is 13.8. The van der Waals surface area contributed by atoms with E-state index in [4.69, 9.17) is 23.6 Å². The lowest BCUT2D eigenvalue weighted by Gasteiger charge is -2.14. The smallest absolute Gasteiger partial charge is 0.282 e. The Morgan fingerprint density at radius 3 is 2.57 bits per heavy atom. The van der Waals surface area contributed by atoms with Crippen LogP contribution in [0.3, 0.4) is 0 Å². The Morgan fingerprint density at radius 2 is 1.77 bits per heavy atom. The van der Waals surface area contributed by atoms with Gasteiger partial charge in [0.05, 0.1) is 41.6 Å². The number of nitro benzene ring substituents is 1. The second-order valence-electron chi connectivity index (χ2n) is 9.54. The molecule has 0 aliphatic rings. The third kappa shape index (κ3) is 5.50. The number of nitrogens with zero attached hydrogens (tertiary/aromatic N) is 4. The van der Waals surface area contributed by atoms with Gasteiger partial charge in [-0.05, 0) is 48.0 Å². The van der Waals surface area contributed by atoms with Gasteiger partial charge < -0.3 is 18.6 Å². The van der Waals surface area contributed by atoms with Gasteiger partial charge in [-0.1, -0.05) is 46.3 Å². The molecule has 0 radical (unpaired) electrons. The van der Waals surface area contributed by atoms with Crippen molar-refractivity contribution in [2.24, 2.45) is 5.10 Å². The summed E-state index contributed by atoms with van der Waals surface area (Å²) in [4.78, 5) is 29.3. The summed E-state index contributed by atoms with van der Waals surface area (Å²) in [6.07, 6.45) is 1.46. The van der Waals surface area contributed by atoms with Crippen LogP contribution < -0.4 is 19.8 Å². The van der Waals surface area contributed by atoms with Crippen LogP contribution in [0.15, 0.2) is 104 Å². The summed E-state index contributed by atoms with van der Waals surface area (Å²) >= 11 is 3.49. The Morgan fingerprint density at radius 1 is 0.977 bits per heavy atom. The first-order valence-electron chi connectivity index (χ1n) is 13.2. The van der Waals surface area contributed by atoms with E-state index in [1.54, 1.807) is 67.8 Å². The summed E-state index contributed by atoms with van der Waals surface area (Å²) in [5, 5.41) is 16.9. The molecule has 6 aromatic rings. The van der Waals surface area contributed by atoms with E-state index in [0.29, 0.717) is 55.1 Å². The Kier molecular flexibility index (Phi) is 7.82. The molecule has 6 rings (SSSR count). The van der Waals surface area contributed by atoms with Gasteiger partial charge >= 0.3 is 0 Å². The molecule has 220 valence electrons. The summed E-state index contributed by atoms with van der Waals surface area (Å²) in [5.41, 5.74) is 1.65. The summed E-state index contributed by atoms with van der Waals surface area (Å²) in [6.45, 7) is 0.0179. The number of nitro groups is 1. The van der Waals surface area contributed by atoms with Crippen LogP contribution >= 0.6 is 15.9 Å². The molecule has 0 saturated carbocycles. The minimum Gasteiger partial charge on any atom is -0.496 e. The van der Waals surface area contributed by atoms with E-state index in [0.717, 1.165) is 5.39 Å². The molecule has 12 heteroatoms. The number of benzene rings is 4. The van der Waals surface area contributed by atoms with Crippen molar-refractivity contribution in [1.82, 2.24) is 9.66 Å². The molecule has 2 aromatic heterocycles. The van der Waals surface area contributed by atoms with Crippen LogP contribution in [0.4, 0.5) is 5.69 Å². The van der Waals surface area contributed by atoms with Gasteiger partial charge in [-0.3, -0.25) is 14.9 Å². The number of furan rings is 1. The highest BCUT2D eigenvalue weighted by Gasteiger charge is 2.19. The van der Waals surface area contributed by atoms with E-state index in [2.05, 4.69) is 21.0 Å². The molecule has 0 fully saturated rings. The average molecular weight is 655 g/mol. The predicted molar refractivity (Wildman–Crippen MR) is 169 cm³/mol. The monoisotopic (exact) mass is 654 g/mol. The first-order valence-corrected chi connectivity index (χ1v) is 14.0. The Labute approximate surface area is 258 Å². The van der Waals surface area contributed by atoms with Crippen molar-refractivity contribution in [2.75, 3.05) is 14.2 Å². The Bertz CT molecular complexity index is 2140. The summed E-state index contributed by atoms with van der Waals surface area (Å²) in [5.74, 6) is 1.83. The van der Waals surface area contributed by atoms with Gasteiger partial charge in [0.1, 0.15) is 17.9 Å². The highest BCUT2D eigenvalue weighted by molar-refractivity contribution is 9.10. The number of non-ortho nitro benzene ring substituents is 1. The third-order valence-electron chi connectivity index (χ3n) is 6.80. The summed E-state index contributed by atoms with van der Waals surface area (Å²) in [7, 11) is 3.06. The minimum absolute atomic E-state index is 0.0179. The molecule has 11 nitrogen and oxygen atoms in total. The zero-order valence-electron chi connectivity index (χ0n) is 23.4. The standard InChI is InChI=1S/C32H23BrN4O7/c1-41-26-11-6-12-27-24(26)16-29(44-27)31-35-25-10-4-3-9-23(25)32(38)36(31)34-17-20-14-21(33)15-28(42-2)30(20)43-18-19-7-5-8-22(13-19)37(39)40/h3-17H,18H2,1-2H3. The zero-order valence-corrected chi connectivity index (χ0v) is 25.0. The van der Waals surface area contributed by atoms with Gasteiger partial charge in [0.15, 0.2) is 17.3 Å². The number of hydrogen-bond donors (Lipinski definition) is 0. The highest BCUT2D eigenvalue weighted by atomic mass is 79.9. The van der Waals surface area contributed by atoms with E-state index in [-0.39, 0.29) is 18.1 Å². The Balaban J connectivity index is 1.46. The molecule has 0 spiro atoms. The fourth-order valence-corrected chi connectivity index (χ4v) is 5.19. The minimum atomic E-state index is -0.465. The molecule has 0 aliphatic heterocycles. The van der Waals surface area contributed by atoms with Gasteiger partial charge in [0.2, 0.25) is 5.82 Å². The number of para-hydroxylation sites is 1. The van der Waals surface area contributed by atoms with E-state index in [1.165, 1.54) is 30.1 Å². The SMILES string of the molecule is COc1cc(Br)cc(C=Nn2c(-c3cc4c(OC)cccc4o3)nc3ccccc3c2=O)c1OCc1cccc([N+](=O)[O-])c1. The maximum Gasteiger partial charge on any atom is 0.282 e. The molecule has 0 amide bonds. The van der Waals surface area contributed by atoms with Crippen molar-refractivity contribution in [1.29, 1.82) is 0 Å². The first-order chi connectivity index (χ1) is 21.4. The lowest BCUT2D eigenvalue weighted by atomic mass is 10.2. The molecule has 0 N–H and O–H groups in total. The normalized spacial score (nSPS) is 11.3. The van der Waals surface area contributed by atoms with E-state index in [1.807, 2.05) is 12.1 Å². The van der Waals surface area contributed by atoms with E-state index >= 15 is 0 Å². The molecule has 2 heterocycles. The largest absolute Gasteiger partial charge is 0.496 e. The van der Waals surface area contributed by atoms with Gasteiger partial charge in [-0.15, -0.1) is 0 Å². The Hall–Kier alpha value is -5.49. The summed E-state index contributed by atoms with van der Waals surface area (Å²) in [6, 6.07) is 23.8. The predicted octanol–water partition coefficient (Wildman–Crippen LogP) is 6.96. The number of rotatable bonds is 9. The fraction of sp³-hybridized carbons (Fsp3) is 0.0938. The second kappa shape index (κ2) is 12.0. The van der Waals surface area contributed by atoms with Crippen LogP contribution in [0.2, 0.25) is 0 Å². The lowest BCUT2D eigenvalue weighted by Crippen LogP contribution is -2.20. The average Bonchev–Trinajstić information content (AvgIpc) is 3.48. The van der Waals surface area contributed by atoms with Crippen LogP contribution in [0.1, 0.15) is 11.1 Å². The van der Waals surface area contributed by atoms with Crippen LogP contribution in [-0.4, -0.2) is 35.0 Å². The number of hydrogen-bond acceptors (Lipinski definition) is 9. The molecule has 4 aromatic carbocycles. The van der Waals surface area contributed by atoms with E-state index in [9.17, 15) is 14.9 Å². The van der Waals surface area contributed by atoms with Crippen LogP contribution in [-0.2, 0) is 6.61 Å². The molecule has 44 heavy (non-hydrogen) atoms. The van der Waals surface area contributed by atoms with Gasteiger partial charge in [-0.25, -0.2) is 4.98 Å².